The van der Waals surface area contributed by atoms with Crippen LogP contribution in [-0.4, -0.2) is 59.5 Å². The highest BCUT2D eigenvalue weighted by Crippen LogP contribution is 2.34. The highest BCUT2D eigenvalue weighted by molar-refractivity contribution is 7.24. The van der Waals surface area contributed by atoms with E-state index in [-0.39, 0.29) is 5.43 Å². The Kier molecular flexibility index (Phi) is 3.64. The Morgan fingerprint density at radius 2 is 1.90 bits per heavy atom. The van der Waals surface area contributed by atoms with Crippen molar-refractivity contribution in [2.75, 3.05) is 50.5 Å². The van der Waals surface area contributed by atoms with Crippen LogP contribution in [0.3, 0.4) is 0 Å². The number of anilines is 2. The summed E-state index contributed by atoms with van der Waals surface area (Å²) in [5.41, 5.74) is 2.33. The SMILES string of the molecule is CNc1c(=O)c2cnc(N3CC4CN(C)CC4C3)nc2n2c1sc1ccccc12. The summed E-state index contributed by atoms with van der Waals surface area (Å²) < 4.78 is 3.24. The van der Waals surface area contributed by atoms with E-state index in [4.69, 9.17) is 4.98 Å². The Hall–Kier alpha value is -2.71. The zero-order valence-corrected chi connectivity index (χ0v) is 17.2. The third kappa shape index (κ3) is 2.42. The van der Waals surface area contributed by atoms with Crippen molar-refractivity contribution in [1.82, 2.24) is 19.3 Å². The number of pyridine rings is 1. The van der Waals surface area contributed by atoms with Crippen LogP contribution in [0, 0.1) is 11.8 Å². The first kappa shape index (κ1) is 17.2. The zero-order chi connectivity index (χ0) is 19.7. The summed E-state index contributed by atoms with van der Waals surface area (Å²) in [5, 5.41) is 3.65. The average Bonchev–Trinajstić information content (AvgIpc) is 3.38. The van der Waals surface area contributed by atoms with E-state index in [1.165, 1.54) is 0 Å². The summed E-state index contributed by atoms with van der Waals surface area (Å²) in [7, 11) is 3.99. The molecular weight excluding hydrogens is 384 g/mol. The van der Waals surface area contributed by atoms with Crippen LogP contribution in [-0.2, 0) is 0 Å². The number of hydrogen-bond acceptors (Lipinski definition) is 7. The smallest absolute Gasteiger partial charge is 0.227 e. The predicted molar refractivity (Wildman–Crippen MR) is 118 cm³/mol. The van der Waals surface area contributed by atoms with Gasteiger partial charge >= 0.3 is 0 Å². The lowest BCUT2D eigenvalue weighted by molar-refractivity contribution is 0.386. The number of nitrogens with one attached hydrogen (secondary N) is 1. The molecule has 2 unspecified atom stereocenters. The van der Waals surface area contributed by atoms with E-state index in [1.54, 1.807) is 24.6 Å². The number of thiazole rings is 1. The monoisotopic (exact) mass is 406 g/mol. The van der Waals surface area contributed by atoms with Gasteiger partial charge in [-0.3, -0.25) is 9.20 Å². The van der Waals surface area contributed by atoms with Crippen molar-refractivity contribution in [2.24, 2.45) is 11.8 Å². The van der Waals surface area contributed by atoms with Crippen LogP contribution in [0.2, 0.25) is 0 Å². The van der Waals surface area contributed by atoms with Crippen LogP contribution in [0.1, 0.15) is 0 Å². The molecule has 0 spiro atoms. The molecule has 2 fully saturated rings. The maximum atomic E-state index is 13.1. The van der Waals surface area contributed by atoms with E-state index in [1.807, 2.05) is 12.1 Å². The van der Waals surface area contributed by atoms with Crippen LogP contribution in [0.4, 0.5) is 11.6 Å². The van der Waals surface area contributed by atoms with Crippen molar-refractivity contribution in [3.63, 3.8) is 0 Å². The summed E-state index contributed by atoms with van der Waals surface area (Å²) in [4.78, 5) is 28.2. The lowest BCUT2D eigenvalue weighted by Crippen LogP contribution is -2.28. The third-order valence-corrected chi connectivity index (χ3v) is 7.52. The number of benzene rings is 1. The molecule has 2 aliphatic rings. The van der Waals surface area contributed by atoms with Gasteiger partial charge in [-0.05, 0) is 31.0 Å². The number of nitrogens with zero attached hydrogens (tertiary/aromatic N) is 5. The molecule has 0 amide bonds. The number of para-hydroxylation sites is 1. The normalized spacial score (nSPS) is 22.2. The minimum Gasteiger partial charge on any atom is -0.383 e. The summed E-state index contributed by atoms with van der Waals surface area (Å²) in [5.74, 6) is 2.08. The Balaban J connectivity index is 1.58. The molecule has 7 nitrogen and oxygen atoms in total. The number of aromatic nitrogens is 3. The van der Waals surface area contributed by atoms with Gasteiger partial charge in [-0.2, -0.15) is 4.98 Å². The fraction of sp³-hybridized carbons (Fsp3) is 0.381. The zero-order valence-electron chi connectivity index (χ0n) is 16.4. The van der Waals surface area contributed by atoms with E-state index in [2.05, 4.69) is 43.7 Å². The van der Waals surface area contributed by atoms with Crippen LogP contribution in [0.15, 0.2) is 35.3 Å². The fourth-order valence-corrected chi connectivity index (χ4v) is 6.24. The maximum Gasteiger partial charge on any atom is 0.227 e. The van der Waals surface area contributed by atoms with Crippen molar-refractivity contribution >= 4 is 49.1 Å². The van der Waals surface area contributed by atoms with E-state index in [9.17, 15) is 4.79 Å². The molecule has 2 aliphatic heterocycles. The lowest BCUT2D eigenvalue weighted by atomic mass is 10.0. The van der Waals surface area contributed by atoms with Gasteiger partial charge in [0.2, 0.25) is 11.4 Å². The molecule has 0 aliphatic carbocycles. The minimum atomic E-state index is -0.0412. The summed E-state index contributed by atoms with van der Waals surface area (Å²) in [6.45, 7) is 4.24. The van der Waals surface area contributed by atoms with Crippen LogP contribution in [0.5, 0.6) is 0 Å². The lowest BCUT2D eigenvalue weighted by Gasteiger charge is -2.19. The molecule has 29 heavy (non-hydrogen) atoms. The van der Waals surface area contributed by atoms with Gasteiger partial charge in [0.05, 0.1) is 15.6 Å². The average molecular weight is 407 g/mol. The molecule has 4 aromatic rings. The third-order valence-electron chi connectivity index (χ3n) is 6.37. The molecule has 8 heteroatoms. The van der Waals surface area contributed by atoms with E-state index >= 15 is 0 Å². The van der Waals surface area contributed by atoms with E-state index in [0.717, 1.165) is 47.2 Å². The van der Waals surface area contributed by atoms with Crippen LogP contribution < -0.4 is 15.6 Å². The number of rotatable bonds is 2. The standard InChI is InChI=1S/C21H22N6OS/c1-22-17-18(28)14-7-23-21(26-10-12-8-25(2)9-13(12)11-26)24-19(14)27-15-5-3-4-6-16(15)29-20(17)27/h3-7,12-13,22H,8-11H2,1-2H3. The summed E-state index contributed by atoms with van der Waals surface area (Å²) in [6.07, 6.45) is 1.71. The van der Waals surface area contributed by atoms with Gasteiger partial charge in [-0.25, -0.2) is 4.98 Å². The topological polar surface area (TPSA) is 65.8 Å². The first-order valence-corrected chi connectivity index (χ1v) is 10.8. The van der Waals surface area contributed by atoms with Crippen molar-refractivity contribution < 1.29 is 0 Å². The van der Waals surface area contributed by atoms with Gasteiger partial charge in [-0.1, -0.05) is 12.1 Å². The number of hydrogen-bond donors (Lipinski definition) is 1. The van der Waals surface area contributed by atoms with E-state index in [0.29, 0.717) is 28.6 Å². The first-order chi connectivity index (χ1) is 14.1. The highest BCUT2D eigenvalue weighted by atomic mass is 32.1. The van der Waals surface area contributed by atoms with Gasteiger partial charge in [0, 0.05) is 39.4 Å². The number of likely N-dealkylation sites (tertiary alicyclic amines) is 1. The van der Waals surface area contributed by atoms with Crippen molar-refractivity contribution in [3.05, 3.63) is 40.7 Å². The summed E-state index contributed by atoms with van der Waals surface area (Å²) in [6, 6.07) is 8.22. The Bertz CT molecular complexity index is 1310. The van der Waals surface area contributed by atoms with Crippen molar-refractivity contribution in [2.45, 2.75) is 0 Å². The molecule has 6 rings (SSSR count). The molecule has 3 aromatic heterocycles. The molecule has 0 saturated carbocycles. The van der Waals surface area contributed by atoms with Crippen LogP contribution >= 0.6 is 11.3 Å². The summed E-state index contributed by atoms with van der Waals surface area (Å²) >= 11 is 1.61. The quantitative estimate of drug-likeness (QED) is 0.552. The molecule has 2 atom stereocenters. The molecular formula is C21H22N6OS. The Morgan fingerprint density at radius 1 is 1.14 bits per heavy atom. The molecule has 0 bridgehead atoms. The predicted octanol–water partition coefficient (Wildman–Crippen LogP) is 2.50. The van der Waals surface area contributed by atoms with Gasteiger partial charge in [-0.15, -0.1) is 11.3 Å². The maximum absolute atomic E-state index is 13.1. The number of fused-ring (bicyclic) bond motifs is 6. The van der Waals surface area contributed by atoms with Gasteiger partial charge < -0.3 is 15.1 Å². The van der Waals surface area contributed by atoms with Gasteiger partial charge in [0.15, 0.2) is 5.65 Å². The molecule has 2 saturated heterocycles. The second-order valence-electron chi connectivity index (χ2n) is 8.22. The molecule has 1 aromatic carbocycles. The van der Waals surface area contributed by atoms with Gasteiger partial charge in [0.25, 0.3) is 0 Å². The van der Waals surface area contributed by atoms with Crippen molar-refractivity contribution in [1.29, 1.82) is 0 Å². The first-order valence-electron chi connectivity index (χ1n) is 9.98. The fourth-order valence-electron chi connectivity index (χ4n) is 5.05. The molecule has 1 N–H and O–H groups in total. The molecule has 148 valence electrons. The second-order valence-corrected chi connectivity index (χ2v) is 9.25. The molecule has 0 radical (unpaired) electrons. The van der Waals surface area contributed by atoms with E-state index < -0.39 is 0 Å². The van der Waals surface area contributed by atoms with Crippen molar-refractivity contribution in [3.8, 4) is 0 Å². The Labute approximate surface area is 171 Å². The largest absolute Gasteiger partial charge is 0.383 e. The van der Waals surface area contributed by atoms with Crippen LogP contribution in [0.25, 0.3) is 26.1 Å². The minimum absolute atomic E-state index is 0.0412. The second kappa shape index (κ2) is 6.14. The Morgan fingerprint density at radius 3 is 2.66 bits per heavy atom. The molecule has 5 heterocycles. The highest BCUT2D eigenvalue weighted by Gasteiger charge is 2.39. The van der Waals surface area contributed by atoms with Gasteiger partial charge in [0.1, 0.15) is 10.5 Å².